The van der Waals surface area contributed by atoms with E-state index in [0.717, 1.165) is 44.9 Å². The van der Waals surface area contributed by atoms with Gasteiger partial charge >= 0.3 is 11.9 Å². The minimum Gasteiger partial charge on any atom is -0.481 e. The van der Waals surface area contributed by atoms with Crippen LogP contribution in [0.4, 0.5) is 0 Å². The van der Waals surface area contributed by atoms with Crippen LogP contribution in [-0.2, 0) is 9.59 Å². The van der Waals surface area contributed by atoms with Crippen LogP contribution in [0.15, 0.2) is 0 Å². The fourth-order valence-electron chi connectivity index (χ4n) is 5.33. The van der Waals surface area contributed by atoms with E-state index < -0.39 is 11.9 Å². The molecule has 3 unspecified atom stereocenters. The fraction of sp³-hybridized carbons (Fsp3) is 0.931. The first-order valence-corrected chi connectivity index (χ1v) is 14.0. The zero-order valence-corrected chi connectivity index (χ0v) is 22.8. The van der Waals surface area contributed by atoms with Gasteiger partial charge in [-0.05, 0) is 48.9 Å². The fourth-order valence-corrected chi connectivity index (χ4v) is 5.33. The van der Waals surface area contributed by atoms with Crippen molar-refractivity contribution in [1.82, 2.24) is 0 Å². The van der Waals surface area contributed by atoms with E-state index in [0.29, 0.717) is 30.1 Å². The lowest BCUT2D eigenvalue weighted by molar-refractivity contribution is -0.146. The maximum atomic E-state index is 12.2. The van der Waals surface area contributed by atoms with Crippen LogP contribution >= 0.6 is 0 Å². The Balaban J connectivity index is 4.61. The van der Waals surface area contributed by atoms with E-state index in [1.54, 1.807) is 0 Å². The summed E-state index contributed by atoms with van der Waals surface area (Å²) in [4.78, 5) is 22.8. The molecule has 0 aliphatic heterocycles. The molecule has 0 saturated heterocycles. The molecule has 0 heterocycles. The second-order valence-electron chi connectivity index (χ2n) is 11.6. The van der Waals surface area contributed by atoms with Crippen molar-refractivity contribution in [2.75, 3.05) is 0 Å². The highest BCUT2D eigenvalue weighted by Crippen LogP contribution is 2.38. The molecule has 3 atom stereocenters. The van der Waals surface area contributed by atoms with Crippen LogP contribution in [-0.4, -0.2) is 22.2 Å². The molecule has 0 aromatic heterocycles. The van der Waals surface area contributed by atoms with Gasteiger partial charge in [-0.2, -0.15) is 0 Å². The Morgan fingerprint density at radius 3 is 1.45 bits per heavy atom. The van der Waals surface area contributed by atoms with Crippen molar-refractivity contribution in [3.63, 3.8) is 0 Å². The predicted octanol–water partition coefficient (Wildman–Crippen LogP) is 8.82. The van der Waals surface area contributed by atoms with Gasteiger partial charge in [0.2, 0.25) is 0 Å². The second kappa shape index (κ2) is 19.3. The quantitative estimate of drug-likeness (QED) is 0.156. The molecule has 0 spiro atoms. The SMILES string of the molecule is CC(C)CCC(CCCCCCCCCCCC(=O)O)C(C(C)C)C(CCC(C)C)C(=O)O. The van der Waals surface area contributed by atoms with Crippen molar-refractivity contribution < 1.29 is 19.8 Å². The van der Waals surface area contributed by atoms with Crippen molar-refractivity contribution in [2.45, 2.75) is 138 Å². The molecule has 0 rings (SSSR count). The molecule has 0 aliphatic rings. The van der Waals surface area contributed by atoms with Crippen LogP contribution in [0.2, 0.25) is 0 Å². The lowest BCUT2D eigenvalue weighted by atomic mass is 9.69. The van der Waals surface area contributed by atoms with Gasteiger partial charge in [0.15, 0.2) is 0 Å². The lowest BCUT2D eigenvalue weighted by Crippen LogP contribution is -2.34. The van der Waals surface area contributed by atoms with Crippen molar-refractivity contribution in [2.24, 2.45) is 35.5 Å². The van der Waals surface area contributed by atoms with Crippen molar-refractivity contribution in [3.05, 3.63) is 0 Å². The van der Waals surface area contributed by atoms with Gasteiger partial charge in [-0.25, -0.2) is 0 Å². The van der Waals surface area contributed by atoms with Crippen LogP contribution in [0.3, 0.4) is 0 Å². The van der Waals surface area contributed by atoms with Crippen molar-refractivity contribution >= 4 is 11.9 Å². The summed E-state index contributed by atoms with van der Waals surface area (Å²) in [6, 6.07) is 0. The molecular weight excluding hydrogens is 412 g/mol. The summed E-state index contributed by atoms with van der Waals surface area (Å²) in [6.07, 6.45) is 16.0. The topological polar surface area (TPSA) is 74.6 Å². The molecule has 0 amide bonds. The van der Waals surface area contributed by atoms with Crippen molar-refractivity contribution in [1.29, 1.82) is 0 Å². The Hall–Kier alpha value is -1.06. The van der Waals surface area contributed by atoms with E-state index in [1.165, 1.54) is 44.9 Å². The lowest BCUT2D eigenvalue weighted by Gasteiger charge is -2.36. The summed E-state index contributed by atoms with van der Waals surface area (Å²) in [5, 5.41) is 18.8. The summed E-state index contributed by atoms with van der Waals surface area (Å²) in [7, 11) is 0. The van der Waals surface area contributed by atoms with E-state index in [9.17, 15) is 14.7 Å². The van der Waals surface area contributed by atoms with Gasteiger partial charge in [0, 0.05) is 6.42 Å². The molecule has 4 heteroatoms. The monoisotopic (exact) mass is 468 g/mol. The molecular formula is C29H56O4. The Morgan fingerprint density at radius 2 is 1.03 bits per heavy atom. The van der Waals surface area contributed by atoms with E-state index in [1.807, 2.05) is 0 Å². The molecule has 0 saturated carbocycles. The van der Waals surface area contributed by atoms with Crippen LogP contribution < -0.4 is 0 Å². The maximum absolute atomic E-state index is 12.2. The van der Waals surface area contributed by atoms with Gasteiger partial charge in [0.05, 0.1) is 5.92 Å². The molecule has 0 bridgehead atoms. The van der Waals surface area contributed by atoms with Crippen LogP contribution in [0.1, 0.15) is 138 Å². The molecule has 0 fully saturated rings. The van der Waals surface area contributed by atoms with Crippen LogP contribution in [0.25, 0.3) is 0 Å². The van der Waals surface area contributed by atoms with Gasteiger partial charge in [-0.15, -0.1) is 0 Å². The minimum absolute atomic E-state index is 0.217. The number of hydrogen-bond acceptors (Lipinski definition) is 2. The minimum atomic E-state index is -0.684. The first-order valence-electron chi connectivity index (χ1n) is 14.0. The summed E-state index contributed by atoms with van der Waals surface area (Å²) in [6.45, 7) is 13.4. The zero-order chi connectivity index (χ0) is 25.2. The van der Waals surface area contributed by atoms with Gasteiger partial charge in [-0.3, -0.25) is 9.59 Å². The highest BCUT2D eigenvalue weighted by Gasteiger charge is 2.35. The number of carbonyl (C=O) groups is 2. The highest BCUT2D eigenvalue weighted by atomic mass is 16.4. The van der Waals surface area contributed by atoms with Crippen molar-refractivity contribution in [3.8, 4) is 0 Å². The number of carboxylic acids is 2. The first kappa shape index (κ1) is 31.9. The van der Waals surface area contributed by atoms with E-state index in [2.05, 4.69) is 41.5 Å². The number of unbranched alkanes of at least 4 members (excludes halogenated alkanes) is 8. The Kier molecular flexibility index (Phi) is 18.6. The van der Waals surface area contributed by atoms with Gasteiger partial charge in [-0.1, -0.05) is 112 Å². The first-order chi connectivity index (χ1) is 15.6. The van der Waals surface area contributed by atoms with E-state index >= 15 is 0 Å². The van der Waals surface area contributed by atoms with Gasteiger partial charge in [0.1, 0.15) is 0 Å². The third-order valence-corrected chi connectivity index (χ3v) is 7.23. The zero-order valence-electron chi connectivity index (χ0n) is 22.8. The normalized spacial score (nSPS) is 14.7. The molecule has 0 radical (unpaired) electrons. The number of rotatable bonds is 22. The Bertz CT molecular complexity index is 498. The Labute approximate surface area is 205 Å². The summed E-state index contributed by atoms with van der Waals surface area (Å²) >= 11 is 0. The van der Waals surface area contributed by atoms with Gasteiger partial charge in [0.25, 0.3) is 0 Å². The summed E-state index contributed by atoms with van der Waals surface area (Å²) < 4.78 is 0. The number of aliphatic carboxylic acids is 2. The average Bonchev–Trinajstić information content (AvgIpc) is 2.70. The number of carboxylic acid groups (broad SMARTS) is 2. The molecule has 0 aromatic rings. The van der Waals surface area contributed by atoms with Crippen LogP contribution in [0, 0.1) is 35.5 Å². The molecule has 0 aliphatic carbocycles. The van der Waals surface area contributed by atoms with Crippen LogP contribution in [0.5, 0.6) is 0 Å². The largest absolute Gasteiger partial charge is 0.481 e. The maximum Gasteiger partial charge on any atom is 0.306 e. The molecule has 196 valence electrons. The van der Waals surface area contributed by atoms with E-state index in [4.69, 9.17) is 5.11 Å². The molecule has 2 N–H and O–H groups in total. The van der Waals surface area contributed by atoms with Gasteiger partial charge < -0.3 is 10.2 Å². The molecule has 0 aromatic carbocycles. The third kappa shape index (κ3) is 17.1. The molecule has 33 heavy (non-hydrogen) atoms. The second-order valence-corrected chi connectivity index (χ2v) is 11.6. The average molecular weight is 469 g/mol. The summed E-state index contributed by atoms with van der Waals surface area (Å²) in [5.74, 6) is 0.895. The van der Waals surface area contributed by atoms with E-state index in [-0.39, 0.29) is 11.8 Å². The smallest absolute Gasteiger partial charge is 0.306 e. The third-order valence-electron chi connectivity index (χ3n) is 7.23. The summed E-state index contributed by atoms with van der Waals surface area (Å²) in [5.41, 5.74) is 0. The Morgan fingerprint density at radius 1 is 0.576 bits per heavy atom. The predicted molar refractivity (Wildman–Crippen MR) is 140 cm³/mol. The highest BCUT2D eigenvalue weighted by molar-refractivity contribution is 5.70. The standard InChI is InChI=1S/C29H56O4/c1-22(2)18-20-25(28(24(5)6)26(29(32)33)21-19-23(3)4)16-14-12-10-8-7-9-11-13-15-17-27(30)31/h22-26,28H,7-21H2,1-6H3,(H,30,31)(H,32,33). The number of hydrogen-bond donors (Lipinski definition) is 2. The molecule has 4 nitrogen and oxygen atoms in total.